The number of nitro groups is 1. The Morgan fingerprint density at radius 1 is 1.14 bits per heavy atom. The number of nitrogens with zero attached hydrogens (tertiary/aromatic N) is 1. The third-order valence-corrected chi connectivity index (χ3v) is 4.14. The molecule has 0 saturated carbocycles. The van der Waals surface area contributed by atoms with Gasteiger partial charge in [0.05, 0.1) is 18.1 Å². The summed E-state index contributed by atoms with van der Waals surface area (Å²) < 4.78 is 10.2. The molecule has 0 saturated heterocycles. The first-order valence-electron chi connectivity index (χ1n) is 8.33. The second kappa shape index (κ2) is 9.18. The third-order valence-electron chi connectivity index (χ3n) is 3.89. The average Bonchev–Trinajstić information content (AvgIpc) is 2.66. The molecule has 0 aliphatic heterocycles. The predicted molar refractivity (Wildman–Crippen MR) is 103 cm³/mol. The van der Waals surface area contributed by atoms with Crippen molar-refractivity contribution in [1.82, 2.24) is 5.32 Å². The van der Waals surface area contributed by atoms with Gasteiger partial charge in [-0.15, -0.1) is 0 Å². The molecule has 0 fully saturated rings. The molecule has 28 heavy (non-hydrogen) atoms. The number of esters is 1. The van der Waals surface area contributed by atoms with Crippen LogP contribution in [0.4, 0.5) is 5.69 Å². The van der Waals surface area contributed by atoms with Crippen LogP contribution in [0, 0.1) is 16.0 Å². The van der Waals surface area contributed by atoms with Gasteiger partial charge in [-0.1, -0.05) is 25.4 Å². The van der Waals surface area contributed by atoms with Crippen molar-refractivity contribution >= 4 is 29.2 Å². The fraction of sp³-hybridized carbons (Fsp3) is 0.263. The number of benzene rings is 2. The number of methoxy groups -OCH3 is 1. The van der Waals surface area contributed by atoms with Crippen LogP contribution < -0.4 is 14.8 Å². The number of rotatable bonds is 7. The molecule has 0 radical (unpaired) electrons. The minimum absolute atomic E-state index is 0.234. The minimum atomic E-state index is -1.01. The zero-order valence-electron chi connectivity index (χ0n) is 15.5. The highest BCUT2D eigenvalue weighted by molar-refractivity contribution is 6.30. The molecule has 1 amide bonds. The highest BCUT2D eigenvalue weighted by Gasteiger charge is 2.29. The van der Waals surface area contributed by atoms with E-state index in [9.17, 15) is 19.7 Å². The molecular weight excluding hydrogens is 388 g/mol. The highest BCUT2D eigenvalue weighted by atomic mass is 35.5. The van der Waals surface area contributed by atoms with Crippen LogP contribution in [0.2, 0.25) is 5.02 Å². The first kappa shape index (κ1) is 21.2. The number of ether oxygens (including phenoxy) is 2. The van der Waals surface area contributed by atoms with Gasteiger partial charge in [-0.25, -0.2) is 4.79 Å². The Morgan fingerprint density at radius 3 is 2.32 bits per heavy atom. The molecule has 0 spiro atoms. The van der Waals surface area contributed by atoms with Crippen molar-refractivity contribution in [3.8, 4) is 11.5 Å². The maximum Gasteiger partial charge on any atom is 0.334 e. The first-order valence-corrected chi connectivity index (χ1v) is 8.71. The maximum atomic E-state index is 12.6. The summed E-state index contributed by atoms with van der Waals surface area (Å²) in [4.78, 5) is 35.6. The lowest BCUT2D eigenvalue weighted by Crippen LogP contribution is -2.46. The molecule has 0 aromatic heterocycles. The molecule has 2 aromatic rings. The molecule has 0 aliphatic carbocycles. The molecule has 2 rings (SSSR count). The zero-order valence-corrected chi connectivity index (χ0v) is 16.2. The molecule has 9 heteroatoms. The Kier molecular flexibility index (Phi) is 6.94. The van der Waals surface area contributed by atoms with E-state index in [2.05, 4.69) is 5.32 Å². The third kappa shape index (κ3) is 5.20. The molecule has 1 unspecified atom stereocenters. The molecule has 0 heterocycles. The lowest BCUT2D eigenvalue weighted by atomic mass is 10.0. The largest absolute Gasteiger partial charge is 0.496 e. The number of hydrogen-bond donors (Lipinski definition) is 1. The Bertz CT molecular complexity index is 882. The van der Waals surface area contributed by atoms with Crippen molar-refractivity contribution in [1.29, 1.82) is 0 Å². The summed E-state index contributed by atoms with van der Waals surface area (Å²) in [7, 11) is 1.37. The monoisotopic (exact) mass is 406 g/mol. The summed E-state index contributed by atoms with van der Waals surface area (Å²) in [6.07, 6.45) is 0. The molecule has 8 nitrogen and oxygen atoms in total. The number of carbonyl (C=O) groups is 2. The van der Waals surface area contributed by atoms with Crippen LogP contribution in [0.5, 0.6) is 11.5 Å². The van der Waals surface area contributed by atoms with E-state index >= 15 is 0 Å². The van der Waals surface area contributed by atoms with Gasteiger partial charge in [0.2, 0.25) is 5.75 Å². The van der Waals surface area contributed by atoms with Crippen molar-refractivity contribution in [3.63, 3.8) is 0 Å². The van der Waals surface area contributed by atoms with Crippen LogP contribution in [0.15, 0.2) is 42.5 Å². The molecule has 1 N–H and O–H groups in total. The summed E-state index contributed by atoms with van der Waals surface area (Å²) in [5, 5.41) is 14.3. The maximum absolute atomic E-state index is 12.6. The Hall–Kier alpha value is -3.13. The molecule has 0 aliphatic rings. The molecule has 148 valence electrons. The van der Waals surface area contributed by atoms with E-state index < -0.39 is 28.5 Å². The molecule has 0 bridgehead atoms. The standard InChI is InChI=1S/C19H19ClN2O6/c1-11(2)17(21-18(23)12-4-6-13(20)7-5-12)19(24)28-16-9-8-14(27-3)10-15(16)22(25)26/h4-11,17H,1-3H3,(H,21,23). The van der Waals surface area contributed by atoms with E-state index in [1.54, 1.807) is 26.0 Å². The predicted octanol–water partition coefficient (Wildman–Crippen LogP) is 3.62. The van der Waals surface area contributed by atoms with Crippen molar-refractivity contribution in [2.24, 2.45) is 5.92 Å². The van der Waals surface area contributed by atoms with E-state index in [1.165, 1.54) is 31.4 Å². The van der Waals surface area contributed by atoms with Crippen molar-refractivity contribution in [3.05, 3.63) is 63.2 Å². The smallest absolute Gasteiger partial charge is 0.334 e. The minimum Gasteiger partial charge on any atom is -0.496 e. The highest BCUT2D eigenvalue weighted by Crippen LogP contribution is 2.31. The second-order valence-corrected chi connectivity index (χ2v) is 6.65. The van der Waals surface area contributed by atoms with Crippen LogP contribution in [0.3, 0.4) is 0 Å². The first-order chi connectivity index (χ1) is 13.2. The summed E-state index contributed by atoms with van der Waals surface area (Å²) in [6, 6.07) is 9.01. The Labute approximate surface area is 166 Å². The van der Waals surface area contributed by atoms with Gasteiger partial charge >= 0.3 is 11.7 Å². The second-order valence-electron chi connectivity index (χ2n) is 6.21. The molecule has 2 aromatic carbocycles. The van der Waals surface area contributed by atoms with Crippen LogP contribution in [0.1, 0.15) is 24.2 Å². The van der Waals surface area contributed by atoms with E-state index in [4.69, 9.17) is 21.1 Å². The van der Waals surface area contributed by atoms with E-state index in [-0.39, 0.29) is 17.4 Å². The number of hydrogen-bond acceptors (Lipinski definition) is 6. The number of amides is 1. The normalized spacial score (nSPS) is 11.6. The number of nitro benzene ring substituents is 1. The van der Waals surface area contributed by atoms with Gasteiger partial charge in [-0.05, 0) is 42.3 Å². The van der Waals surface area contributed by atoms with E-state index in [1.807, 2.05) is 0 Å². The summed E-state index contributed by atoms with van der Waals surface area (Å²) in [5.41, 5.74) is -0.0995. The van der Waals surface area contributed by atoms with Crippen LogP contribution in [0.25, 0.3) is 0 Å². The van der Waals surface area contributed by atoms with Gasteiger partial charge < -0.3 is 14.8 Å². The van der Waals surface area contributed by atoms with Crippen molar-refractivity contribution in [2.75, 3.05) is 7.11 Å². The Balaban J connectivity index is 2.20. The number of halogens is 1. The number of nitrogens with one attached hydrogen (secondary N) is 1. The van der Waals surface area contributed by atoms with Crippen LogP contribution in [-0.4, -0.2) is 30.0 Å². The van der Waals surface area contributed by atoms with E-state index in [0.717, 1.165) is 6.07 Å². The van der Waals surface area contributed by atoms with Crippen molar-refractivity contribution in [2.45, 2.75) is 19.9 Å². The van der Waals surface area contributed by atoms with Gasteiger partial charge in [-0.3, -0.25) is 14.9 Å². The fourth-order valence-corrected chi connectivity index (χ4v) is 2.47. The number of carbonyl (C=O) groups excluding carboxylic acids is 2. The lowest BCUT2D eigenvalue weighted by Gasteiger charge is -2.20. The van der Waals surface area contributed by atoms with Gasteiger partial charge in [0, 0.05) is 10.6 Å². The summed E-state index contributed by atoms with van der Waals surface area (Å²) in [6.45, 7) is 3.44. The summed E-state index contributed by atoms with van der Waals surface area (Å²) >= 11 is 5.81. The molecular formula is C19H19ClN2O6. The average molecular weight is 407 g/mol. The van der Waals surface area contributed by atoms with Crippen LogP contribution >= 0.6 is 11.6 Å². The van der Waals surface area contributed by atoms with Gasteiger partial charge in [0.15, 0.2) is 0 Å². The van der Waals surface area contributed by atoms with Crippen molar-refractivity contribution < 1.29 is 24.0 Å². The quantitative estimate of drug-likeness (QED) is 0.325. The lowest BCUT2D eigenvalue weighted by molar-refractivity contribution is -0.385. The summed E-state index contributed by atoms with van der Waals surface area (Å²) in [5.74, 6) is -1.60. The SMILES string of the molecule is COc1ccc(OC(=O)C(NC(=O)c2ccc(Cl)cc2)C(C)C)c([N+](=O)[O-])c1. The topological polar surface area (TPSA) is 108 Å². The van der Waals surface area contributed by atoms with Gasteiger partial charge in [0.25, 0.3) is 5.91 Å². The van der Waals surface area contributed by atoms with Crippen LogP contribution in [-0.2, 0) is 4.79 Å². The Morgan fingerprint density at radius 2 is 1.79 bits per heavy atom. The zero-order chi connectivity index (χ0) is 20.8. The van der Waals surface area contributed by atoms with Gasteiger partial charge in [0.1, 0.15) is 11.8 Å². The van der Waals surface area contributed by atoms with E-state index in [0.29, 0.717) is 10.6 Å². The fourth-order valence-electron chi connectivity index (χ4n) is 2.35. The van der Waals surface area contributed by atoms with Gasteiger partial charge in [-0.2, -0.15) is 0 Å². The molecule has 1 atom stereocenters.